The molecule has 2 heterocycles. The molecule has 4 amide bonds. The summed E-state index contributed by atoms with van der Waals surface area (Å²) in [6.45, 7) is 4.01. The highest BCUT2D eigenvalue weighted by Crippen LogP contribution is 2.34. The fourth-order valence-corrected chi connectivity index (χ4v) is 5.16. The van der Waals surface area contributed by atoms with Crippen molar-refractivity contribution in [1.29, 1.82) is 0 Å². The molecule has 2 aliphatic rings. The van der Waals surface area contributed by atoms with Gasteiger partial charge in [0.25, 0.3) is 5.91 Å². The number of fused-ring (bicyclic) bond motifs is 1. The van der Waals surface area contributed by atoms with Gasteiger partial charge >= 0.3 is 0 Å². The molecular formula is C30H37FN4O7. The Labute approximate surface area is 243 Å². The molecule has 0 aromatic heterocycles. The summed E-state index contributed by atoms with van der Waals surface area (Å²) in [5.41, 5.74) is 0.245. The van der Waals surface area contributed by atoms with E-state index in [0.29, 0.717) is 31.6 Å². The minimum Gasteiger partial charge on any atom is -0.491 e. The lowest BCUT2D eigenvalue weighted by Crippen LogP contribution is -2.57. The minimum atomic E-state index is -1.34. The van der Waals surface area contributed by atoms with Crippen LogP contribution in [0.2, 0.25) is 0 Å². The zero-order valence-electron chi connectivity index (χ0n) is 23.7. The van der Waals surface area contributed by atoms with Crippen molar-refractivity contribution in [2.45, 2.75) is 62.8 Å². The highest BCUT2D eigenvalue weighted by atomic mass is 19.1. The Morgan fingerprint density at radius 2 is 1.83 bits per heavy atom. The van der Waals surface area contributed by atoms with Crippen LogP contribution in [0.5, 0.6) is 5.75 Å². The van der Waals surface area contributed by atoms with Gasteiger partial charge in [-0.05, 0) is 56.5 Å². The highest BCUT2D eigenvalue weighted by molar-refractivity contribution is 6.01. The molecule has 42 heavy (non-hydrogen) atoms. The van der Waals surface area contributed by atoms with E-state index >= 15 is 0 Å². The van der Waals surface area contributed by atoms with Crippen LogP contribution in [-0.2, 0) is 24.5 Å². The van der Waals surface area contributed by atoms with Crippen LogP contribution in [0.15, 0.2) is 48.5 Å². The number of carbonyl (C=O) groups excluding carboxylic acids is 4. The molecule has 4 rings (SSSR count). The Morgan fingerprint density at radius 1 is 1.10 bits per heavy atom. The first-order chi connectivity index (χ1) is 20.1. The van der Waals surface area contributed by atoms with E-state index in [-0.39, 0.29) is 24.5 Å². The SMILES string of the molecule is C[C@@H]1COc2ccccc2C(=O)N[C@H](C(=O)NCC2(c3cccc(F)c3)CCOCC2)CC(=O)N[C@@H]([C@@H](C)O)C(=O)N1. The van der Waals surface area contributed by atoms with Crippen LogP contribution >= 0.6 is 0 Å². The van der Waals surface area contributed by atoms with Gasteiger partial charge in [0.2, 0.25) is 17.7 Å². The zero-order chi connectivity index (χ0) is 30.3. The molecule has 1 fully saturated rings. The molecule has 4 atom stereocenters. The number of hydrogen-bond acceptors (Lipinski definition) is 7. The second kappa shape index (κ2) is 13.8. The Morgan fingerprint density at radius 3 is 2.55 bits per heavy atom. The molecule has 0 saturated carbocycles. The van der Waals surface area contributed by atoms with Crippen LogP contribution in [0, 0.1) is 5.82 Å². The molecule has 0 bridgehead atoms. The number of rotatable bonds is 5. The van der Waals surface area contributed by atoms with Gasteiger partial charge in [0.05, 0.1) is 24.1 Å². The summed E-state index contributed by atoms with van der Waals surface area (Å²) in [5, 5.41) is 20.8. The lowest BCUT2D eigenvalue weighted by molar-refractivity contribution is -0.133. The number of ether oxygens (including phenoxy) is 2. The third kappa shape index (κ3) is 7.62. The summed E-state index contributed by atoms with van der Waals surface area (Å²) in [5.74, 6) is -2.79. The number of nitrogens with one attached hydrogen (secondary N) is 4. The van der Waals surface area contributed by atoms with E-state index in [2.05, 4.69) is 21.3 Å². The molecule has 0 aliphatic carbocycles. The Bertz CT molecular complexity index is 1300. The van der Waals surface area contributed by atoms with Crippen molar-refractivity contribution in [3.05, 3.63) is 65.5 Å². The van der Waals surface area contributed by atoms with Crippen molar-refractivity contribution < 1.29 is 38.1 Å². The van der Waals surface area contributed by atoms with E-state index in [9.17, 15) is 28.7 Å². The minimum absolute atomic E-state index is 0.00625. The van der Waals surface area contributed by atoms with Crippen molar-refractivity contribution in [3.63, 3.8) is 0 Å². The third-order valence-electron chi connectivity index (χ3n) is 7.59. The lowest BCUT2D eigenvalue weighted by Gasteiger charge is -2.38. The maximum atomic E-state index is 14.1. The molecule has 1 saturated heterocycles. The monoisotopic (exact) mass is 584 g/mol. The van der Waals surface area contributed by atoms with Gasteiger partial charge in [-0.3, -0.25) is 19.2 Å². The third-order valence-corrected chi connectivity index (χ3v) is 7.59. The van der Waals surface area contributed by atoms with E-state index < -0.39 is 65.5 Å². The smallest absolute Gasteiger partial charge is 0.255 e. The molecule has 2 aromatic rings. The Kier molecular flexibility index (Phi) is 10.1. The van der Waals surface area contributed by atoms with Crippen molar-refractivity contribution in [3.8, 4) is 5.75 Å². The van der Waals surface area contributed by atoms with E-state index in [1.54, 1.807) is 37.3 Å². The van der Waals surface area contributed by atoms with Gasteiger partial charge in [0.15, 0.2) is 0 Å². The van der Waals surface area contributed by atoms with Crippen molar-refractivity contribution >= 4 is 23.6 Å². The van der Waals surface area contributed by atoms with Crippen LogP contribution < -0.4 is 26.0 Å². The molecule has 11 nitrogen and oxygen atoms in total. The van der Waals surface area contributed by atoms with Gasteiger partial charge in [0.1, 0.15) is 30.3 Å². The maximum absolute atomic E-state index is 14.1. The van der Waals surface area contributed by atoms with Crippen molar-refractivity contribution in [1.82, 2.24) is 21.3 Å². The molecule has 12 heteroatoms. The Balaban J connectivity index is 1.60. The number of halogens is 1. The quantitative estimate of drug-likeness (QED) is 0.350. The van der Waals surface area contributed by atoms with E-state index in [1.807, 2.05) is 0 Å². The lowest BCUT2D eigenvalue weighted by atomic mass is 9.74. The van der Waals surface area contributed by atoms with E-state index in [4.69, 9.17) is 9.47 Å². The van der Waals surface area contributed by atoms with Gasteiger partial charge in [0, 0.05) is 25.2 Å². The van der Waals surface area contributed by atoms with Gasteiger partial charge in [-0.15, -0.1) is 0 Å². The van der Waals surface area contributed by atoms with Crippen molar-refractivity contribution in [2.75, 3.05) is 26.4 Å². The highest BCUT2D eigenvalue weighted by Gasteiger charge is 2.37. The fourth-order valence-electron chi connectivity index (χ4n) is 5.16. The number of amides is 4. The molecule has 0 unspecified atom stereocenters. The van der Waals surface area contributed by atoms with E-state index in [0.717, 1.165) is 0 Å². The number of carbonyl (C=O) groups is 4. The normalized spacial score (nSPS) is 24.0. The van der Waals surface area contributed by atoms with Gasteiger partial charge in [-0.1, -0.05) is 24.3 Å². The summed E-state index contributed by atoms with van der Waals surface area (Å²) in [6, 6.07) is 9.49. The number of hydrogen-bond donors (Lipinski definition) is 5. The topological polar surface area (TPSA) is 155 Å². The molecule has 226 valence electrons. The summed E-state index contributed by atoms with van der Waals surface area (Å²) >= 11 is 0. The molecule has 0 spiro atoms. The Hall–Kier alpha value is -4.03. The maximum Gasteiger partial charge on any atom is 0.255 e. The first kappa shape index (κ1) is 30.9. The second-order valence-corrected chi connectivity index (χ2v) is 10.9. The van der Waals surface area contributed by atoms with Gasteiger partial charge in [-0.25, -0.2) is 4.39 Å². The first-order valence-electron chi connectivity index (χ1n) is 14.0. The van der Waals surface area contributed by atoms with Gasteiger partial charge < -0.3 is 35.8 Å². The molecule has 2 aromatic carbocycles. The molecule has 2 aliphatic heterocycles. The zero-order valence-corrected chi connectivity index (χ0v) is 23.7. The largest absolute Gasteiger partial charge is 0.491 e. The average molecular weight is 585 g/mol. The van der Waals surface area contributed by atoms with Crippen LogP contribution in [-0.4, -0.2) is 79.3 Å². The standard InChI is InChI=1S/C30H37FN4O7/c1-18-16-42-24-9-4-3-8-22(24)27(38)34-23(15-25(37)35-26(19(2)36)29(40)33-18)28(39)32-17-30(10-12-41-13-11-30)20-6-5-7-21(31)14-20/h3-9,14,18-19,23,26,36H,10-13,15-17H2,1-2H3,(H,32,39)(H,33,40)(H,34,38)(H,35,37)/t18-,19-,23+,26+/m1/s1. The summed E-state index contributed by atoms with van der Waals surface area (Å²) < 4.78 is 25.5. The second-order valence-electron chi connectivity index (χ2n) is 10.9. The first-order valence-corrected chi connectivity index (χ1v) is 14.0. The van der Waals surface area contributed by atoms with E-state index in [1.165, 1.54) is 25.1 Å². The molecule has 5 N–H and O–H groups in total. The predicted octanol–water partition coefficient (Wildman–Crippen LogP) is 0.942. The van der Waals surface area contributed by atoms with Crippen molar-refractivity contribution in [2.24, 2.45) is 0 Å². The number of benzene rings is 2. The van der Waals surface area contributed by atoms with Crippen LogP contribution in [0.3, 0.4) is 0 Å². The average Bonchev–Trinajstić information content (AvgIpc) is 2.97. The van der Waals surface area contributed by atoms with Crippen LogP contribution in [0.25, 0.3) is 0 Å². The fraction of sp³-hybridized carbons (Fsp3) is 0.467. The number of aliphatic hydroxyl groups is 1. The van der Waals surface area contributed by atoms with Gasteiger partial charge in [-0.2, -0.15) is 0 Å². The number of para-hydroxylation sites is 1. The number of aliphatic hydroxyl groups excluding tert-OH is 1. The molecule has 0 radical (unpaired) electrons. The summed E-state index contributed by atoms with van der Waals surface area (Å²) in [6.07, 6.45) is -0.689. The predicted molar refractivity (Wildman–Crippen MR) is 150 cm³/mol. The summed E-state index contributed by atoms with van der Waals surface area (Å²) in [7, 11) is 0. The van der Waals surface area contributed by atoms with Crippen LogP contribution in [0.4, 0.5) is 4.39 Å². The van der Waals surface area contributed by atoms with Crippen LogP contribution in [0.1, 0.15) is 49.0 Å². The summed E-state index contributed by atoms with van der Waals surface area (Å²) in [4.78, 5) is 52.8. The molecular weight excluding hydrogens is 547 g/mol.